The van der Waals surface area contributed by atoms with Crippen molar-refractivity contribution in [1.29, 1.82) is 0 Å². The molecule has 0 fully saturated rings. The van der Waals surface area contributed by atoms with Gasteiger partial charge in [0.1, 0.15) is 0 Å². The summed E-state index contributed by atoms with van der Waals surface area (Å²) in [7, 11) is -3.45. The van der Waals surface area contributed by atoms with Crippen LogP contribution in [0, 0.1) is 13.8 Å². The van der Waals surface area contributed by atoms with Crippen molar-refractivity contribution in [1.82, 2.24) is 0 Å². The molecule has 0 aliphatic heterocycles. The molecule has 2 rings (SSSR count). The van der Waals surface area contributed by atoms with Gasteiger partial charge in [-0.25, -0.2) is 8.42 Å². The highest BCUT2D eigenvalue weighted by Gasteiger charge is 2.18. The van der Waals surface area contributed by atoms with Crippen LogP contribution in [0.4, 0.5) is 5.69 Å². The molecule has 5 heteroatoms. The predicted molar refractivity (Wildman–Crippen MR) is 83.4 cm³/mol. The van der Waals surface area contributed by atoms with E-state index >= 15 is 0 Å². The van der Waals surface area contributed by atoms with Crippen molar-refractivity contribution in [3.8, 4) is 0 Å². The number of aryl methyl sites for hydroxylation is 2. The number of nitrogens with one attached hydrogen (secondary N) is 1. The lowest BCUT2D eigenvalue weighted by atomic mass is 10.1. The average molecular weight is 303 g/mol. The first kappa shape index (κ1) is 15.3. The zero-order chi connectivity index (χ0) is 15.6. The van der Waals surface area contributed by atoms with E-state index in [0.717, 1.165) is 17.4 Å². The van der Waals surface area contributed by atoms with Crippen LogP contribution in [0.5, 0.6) is 0 Å². The largest absolute Gasteiger partial charge is 0.322 e. The number of carbonyl (C=O) groups excluding carboxylic acids is 1. The lowest BCUT2D eigenvalue weighted by molar-refractivity contribution is 0.102. The molecule has 2 aromatic rings. The van der Waals surface area contributed by atoms with E-state index in [1.807, 2.05) is 32.0 Å². The monoisotopic (exact) mass is 303 g/mol. The third kappa shape index (κ3) is 3.49. The maximum atomic E-state index is 12.3. The highest BCUT2D eigenvalue weighted by Crippen LogP contribution is 2.20. The molecular formula is C16H17NO3S. The Hall–Kier alpha value is -2.14. The summed E-state index contributed by atoms with van der Waals surface area (Å²) in [5.41, 5.74) is 2.86. The summed E-state index contributed by atoms with van der Waals surface area (Å²) in [5.74, 6) is -0.428. The van der Waals surface area contributed by atoms with Crippen molar-refractivity contribution in [2.75, 3.05) is 11.6 Å². The molecule has 0 saturated carbocycles. The Balaban J connectivity index is 2.38. The molecule has 0 unspecified atom stereocenters. The van der Waals surface area contributed by atoms with Crippen molar-refractivity contribution in [3.63, 3.8) is 0 Å². The molecule has 0 saturated heterocycles. The minimum absolute atomic E-state index is 0.0345. The molecule has 0 radical (unpaired) electrons. The Labute approximate surface area is 124 Å². The summed E-state index contributed by atoms with van der Waals surface area (Å²) in [6.07, 6.45) is 1.09. The number of rotatable bonds is 3. The first-order valence-corrected chi connectivity index (χ1v) is 8.36. The van der Waals surface area contributed by atoms with E-state index in [1.165, 1.54) is 12.1 Å². The number of carbonyl (C=O) groups is 1. The summed E-state index contributed by atoms with van der Waals surface area (Å²) in [5, 5.41) is 2.76. The van der Waals surface area contributed by atoms with E-state index in [2.05, 4.69) is 5.32 Å². The highest BCUT2D eigenvalue weighted by molar-refractivity contribution is 7.90. The molecule has 0 atom stereocenters. The molecule has 0 spiro atoms. The van der Waals surface area contributed by atoms with Crippen LogP contribution in [0.15, 0.2) is 47.4 Å². The second-order valence-corrected chi connectivity index (χ2v) is 7.02. The Morgan fingerprint density at radius 3 is 2.33 bits per heavy atom. The zero-order valence-electron chi connectivity index (χ0n) is 12.2. The van der Waals surface area contributed by atoms with Gasteiger partial charge in [-0.2, -0.15) is 0 Å². The summed E-state index contributed by atoms with van der Waals surface area (Å²) >= 11 is 0. The van der Waals surface area contributed by atoms with E-state index in [0.29, 0.717) is 5.69 Å². The normalized spacial score (nSPS) is 11.2. The number of hydrogen-bond acceptors (Lipinski definition) is 3. The fourth-order valence-corrected chi connectivity index (χ4v) is 3.01. The van der Waals surface area contributed by atoms with Crippen LogP contribution in [-0.4, -0.2) is 20.6 Å². The molecule has 0 bridgehead atoms. The molecule has 1 amide bonds. The van der Waals surface area contributed by atoms with E-state index in [-0.39, 0.29) is 10.5 Å². The molecule has 0 aliphatic carbocycles. The quantitative estimate of drug-likeness (QED) is 0.948. The fourth-order valence-electron chi connectivity index (χ4n) is 2.12. The molecule has 1 N–H and O–H groups in total. The van der Waals surface area contributed by atoms with Crippen molar-refractivity contribution >= 4 is 21.4 Å². The second-order valence-electron chi connectivity index (χ2n) is 5.04. The number of sulfone groups is 1. The van der Waals surface area contributed by atoms with E-state index in [9.17, 15) is 13.2 Å². The van der Waals surface area contributed by atoms with Crippen LogP contribution in [0.25, 0.3) is 0 Å². The standard InChI is InChI=1S/C16H17NO3S/c1-11-8-9-14(12(2)10-11)17-16(18)13-6-4-5-7-15(13)21(3,19)20/h4-10H,1-3H3,(H,17,18). The molecule has 110 valence electrons. The van der Waals surface area contributed by atoms with Crippen LogP contribution in [-0.2, 0) is 9.84 Å². The molecule has 0 heterocycles. The summed E-state index contributed by atoms with van der Waals surface area (Å²) < 4.78 is 23.5. The smallest absolute Gasteiger partial charge is 0.256 e. The van der Waals surface area contributed by atoms with E-state index in [1.54, 1.807) is 12.1 Å². The van der Waals surface area contributed by atoms with Gasteiger partial charge in [0.25, 0.3) is 5.91 Å². The van der Waals surface area contributed by atoms with Crippen LogP contribution in [0.3, 0.4) is 0 Å². The third-order valence-electron chi connectivity index (χ3n) is 3.16. The van der Waals surface area contributed by atoms with Crippen molar-refractivity contribution in [2.45, 2.75) is 18.7 Å². The highest BCUT2D eigenvalue weighted by atomic mass is 32.2. The van der Waals surface area contributed by atoms with Crippen molar-refractivity contribution < 1.29 is 13.2 Å². The van der Waals surface area contributed by atoms with Gasteiger partial charge in [0.2, 0.25) is 0 Å². The lowest BCUT2D eigenvalue weighted by Crippen LogP contribution is -2.16. The fraction of sp³-hybridized carbons (Fsp3) is 0.188. The van der Waals surface area contributed by atoms with Crippen molar-refractivity contribution in [2.24, 2.45) is 0 Å². The van der Waals surface area contributed by atoms with Gasteiger partial charge in [0.15, 0.2) is 9.84 Å². The van der Waals surface area contributed by atoms with Gasteiger partial charge in [0.05, 0.1) is 10.5 Å². The second kappa shape index (κ2) is 5.69. The summed E-state index contributed by atoms with van der Waals surface area (Å²) in [6, 6.07) is 11.9. The average Bonchev–Trinajstić information content (AvgIpc) is 2.41. The van der Waals surface area contributed by atoms with E-state index < -0.39 is 15.7 Å². The third-order valence-corrected chi connectivity index (χ3v) is 4.32. The molecule has 21 heavy (non-hydrogen) atoms. The first-order valence-electron chi connectivity index (χ1n) is 6.47. The minimum Gasteiger partial charge on any atom is -0.322 e. The Morgan fingerprint density at radius 1 is 1.05 bits per heavy atom. The van der Waals surface area contributed by atoms with Crippen LogP contribution >= 0.6 is 0 Å². The first-order chi connectivity index (χ1) is 9.79. The summed E-state index contributed by atoms with van der Waals surface area (Å²) in [4.78, 5) is 12.4. The van der Waals surface area contributed by atoms with Gasteiger partial charge in [0, 0.05) is 11.9 Å². The van der Waals surface area contributed by atoms with Crippen LogP contribution in [0.2, 0.25) is 0 Å². The van der Waals surface area contributed by atoms with Crippen LogP contribution in [0.1, 0.15) is 21.5 Å². The zero-order valence-corrected chi connectivity index (χ0v) is 13.0. The van der Waals surface area contributed by atoms with Gasteiger partial charge >= 0.3 is 0 Å². The number of anilines is 1. The molecule has 0 aliphatic rings. The molecular weight excluding hydrogens is 286 g/mol. The number of benzene rings is 2. The Kier molecular flexibility index (Phi) is 4.14. The van der Waals surface area contributed by atoms with E-state index in [4.69, 9.17) is 0 Å². The minimum atomic E-state index is -3.45. The lowest BCUT2D eigenvalue weighted by Gasteiger charge is -2.11. The van der Waals surface area contributed by atoms with Gasteiger partial charge in [-0.05, 0) is 37.6 Å². The van der Waals surface area contributed by atoms with Crippen molar-refractivity contribution in [3.05, 3.63) is 59.2 Å². The number of hydrogen-bond donors (Lipinski definition) is 1. The van der Waals surface area contributed by atoms with Gasteiger partial charge < -0.3 is 5.32 Å². The number of amides is 1. The Bertz CT molecular complexity index is 795. The van der Waals surface area contributed by atoms with Crippen LogP contribution < -0.4 is 5.32 Å². The topological polar surface area (TPSA) is 63.2 Å². The maximum absolute atomic E-state index is 12.3. The molecule has 0 aromatic heterocycles. The predicted octanol–water partition coefficient (Wildman–Crippen LogP) is 2.96. The summed E-state index contributed by atoms with van der Waals surface area (Å²) in [6.45, 7) is 3.86. The SMILES string of the molecule is Cc1ccc(NC(=O)c2ccccc2S(C)(=O)=O)c(C)c1. The van der Waals surface area contributed by atoms with Gasteiger partial charge in [-0.15, -0.1) is 0 Å². The molecule has 4 nitrogen and oxygen atoms in total. The van der Waals surface area contributed by atoms with Gasteiger partial charge in [-0.3, -0.25) is 4.79 Å². The van der Waals surface area contributed by atoms with Gasteiger partial charge in [-0.1, -0.05) is 29.8 Å². The Morgan fingerprint density at radius 2 is 1.71 bits per heavy atom. The molecule has 2 aromatic carbocycles. The maximum Gasteiger partial charge on any atom is 0.256 e.